The fourth-order valence-electron chi connectivity index (χ4n) is 3.99. The number of piperidine rings is 1. The molecular weight excluding hydrogens is 347 g/mol. The number of aryl methyl sites for hydroxylation is 1. The molecule has 2 fully saturated rings. The van der Waals surface area contributed by atoms with Crippen LogP contribution in [0.5, 0.6) is 5.75 Å². The van der Waals surface area contributed by atoms with Crippen molar-refractivity contribution < 1.29 is 18.7 Å². The van der Waals surface area contributed by atoms with E-state index in [1.165, 1.54) is 12.1 Å². The molecule has 5 nitrogen and oxygen atoms in total. The molecule has 0 bridgehead atoms. The van der Waals surface area contributed by atoms with Crippen molar-refractivity contribution in [3.05, 3.63) is 59.7 Å². The average Bonchev–Trinajstić information content (AvgIpc) is 3.02. The van der Waals surface area contributed by atoms with Crippen molar-refractivity contribution in [3.63, 3.8) is 0 Å². The van der Waals surface area contributed by atoms with E-state index in [1.807, 2.05) is 24.0 Å². The van der Waals surface area contributed by atoms with Gasteiger partial charge in [0.25, 0.3) is 5.91 Å². The third-order valence-electron chi connectivity index (χ3n) is 5.21. The highest BCUT2D eigenvalue weighted by molar-refractivity contribution is 5.92. The quantitative estimate of drug-likeness (QED) is 0.831. The van der Waals surface area contributed by atoms with E-state index in [2.05, 4.69) is 4.98 Å². The van der Waals surface area contributed by atoms with Gasteiger partial charge in [-0.25, -0.2) is 9.37 Å². The van der Waals surface area contributed by atoms with Crippen LogP contribution in [0.3, 0.4) is 0 Å². The van der Waals surface area contributed by atoms with Crippen molar-refractivity contribution in [1.82, 2.24) is 9.88 Å². The van der Waals surface area contributed by atoms with Gasteiger partial charge < -0.3 is 14.4 Å². The molecule has 0 radical (unpaired) electrons. The van der Waals surface area contributed by atoms with Gasteiger partial charge in [-0.3, -0.25) is 4.79 Å². The Labute approximate surface area is 158 Å². The molecular formula is C21H23FN2O3. The van der Waals surface area contributed by atoms with Crippen molar-refractivity contribution in [2.24, 2.45) is 0 Å². The molecule has 1 aromatic carbocycles. The lowest BCUT2D eigenvalue weighted by Gasteiger charge is -2.39. The number of amides is 1. The predicted octanol–water partition coefficient (Wildman–Crippen LogP) is 3.37. The number of likely N-dealkylation sites (tertiary alicyclic amines) is 1. The van der Waals surface area contributed by atoms with Gasteiger partial charge in [-0.2, -0.15) is 0 Å². The Bertz CT molecular complexity index is 844. The average molecular weight is 370 g/mol. The van der Waals surface area contributed by atoms with E-state index >= 15 is 0 Å². The van der Waals surface area contributed by atoms with Crippen LogP contribution in [0.1, 0.15) is 35.4 Å². The van der Waals surface area contributed by atoms with E-state index in [0.717, 1.165) is 18.5 Å². The van der Waals surface area contributed by atoms with Gasteiger partial charge in [-0.1, -0.05) is 12.1 Å². The molecule has 0 unspecified atom stereocenters. The summed E-state index contributed by atoms with van der Waals surface area (Å²) in [5, 5.41) is 0. The molecule has 3 heterocycles. The minimum atomic E-state index is -0.393. The predicted molar refractivity (Wildman–Crippen MR) is 98.2 cm³/mol. The van der Waals surface area contributed by atoms with Gasteiger partial charge in [0.05, 0.1) is 18.8 Å². The summed E-state index contributed by atoms with van der Waals surface area (Å²) in [4.78, 5) is 19.0. The number of benzene rings is 1. The first-order valence-electron chi connectivity index (χ1n) is 9.32. The Morgan fingerprint density at radius 1 is 1.33 bits per heavy atom. The van der Waals surface area contributed by atoms with Gasteiger partial charge in [0, 0.05) is 24.7 Å². The van der Waals surface area contributed by atoms with Gasteiger partial charge in [0.1, 0.15) is 23.4 Å². The summed E-state index contributed by atoms with van der Waals surface area (Å²) < 4.78 is 25.4. The number of aromatic nitrogens is 1. The maximum absolute atomic E-state index is 13.4. The molecule has 4 rings (SSSR count). The van der Waals surface area contributed by atoms with Crippen LogP contribution in [-0.4, -0.2) is 47.2 Å². The maximum Gasteiger partial charge on any atom is 0.272 e. The molecule has 27 heavy (non-hydrogen) atoms. The van der Waals surface area contributed by atoms with E-state index in [4.69, 9.17) is 9.47 Å². The number of halogens is 1. The summed E-state index contributed by atoms with van der Waals surface area (Å²) >= 11 is 0. The maximum atomic E-state index is 13.4. The number of hydrogen-bond donors (Lipinski definition) is 0. The third kappa shape index (κ3) is 3.95. The molecule has 2 saturated heterocycles. The monoisotopic (exact) mass is 370 g/mol. The van der Waals surface area contributed by atoms with E-state index in [9.17, 15) is 9.18 Å². The summed E-state index contributed by atoms with van der Waals surface area (Å²) in [5.41, 5.74) is 0.904. The number of carbonyl (C=O) groups excluding carboxylic acids is 1. The fraction of sp³-hybridized carbons (Fsp3) is 0.429. The second kappa shape index (κ2) is 7.27. The van der Waals surface area contributed by atoms with Crippen LogP contribution in [0.25, 0.3) is 0 Å². The number of rotatable bonds is 3. The summed E-state index contributed by atoms with van der Waals surface area (Å²) in [6.45, 7) is 3.56. The molecule has 142 valence electrons. The molecule has 2 atom stereocenters. The lowest BCUT2D eigenvalue weighted by atomic mass is 9.89. The minimum absolute atomic E-state index is 0.0594. The summed E-state index contributed by atoms with van der Waals surface area (Å²) in [6, 6.07) is 11.6. The van der Waals surface area contributed by atoms with Crippen molar-refractivity contribution >= 4 is 5.91 Å². The number of nitrogens with zero attached hydrogens (tertiary/aromatic N) is 2. The smallest absolute Gasteiger partial charge is 0.272 e. The first kappa shape index (κ1) is 17.9. The summed E-state index contributed by atoms with van der Waals surface area (Å²) in [5.74, 6) is 0.130. The molecule has 0 saturated carbocycles. The number of carbonyl (C=O) groups is 1. The minimum Gasteiger partial charge on any atom is -0.488 e. The Morgan fingerprint density at radius 2 is 2.19 bits per heavy atom. The molecule has 2 aromatic rings. The zero-order valence-electron chi connectivity index (χ0n) is 15.4. The van der Waals surface area contributed by atoms with Gasteiger partial charge in [0.15, 0.2) is 0 Å². The normalized spacial score (nSPS) is 25.0. The van der Waals surface area contributed by atoms with E-state index in [-0.39, 0.29) is 17.8 Å². The first-order valence-corrected chi connectivity index (χ1v) is 9.32. The highest BCUT2D eigenvalue weighted by atomic mass is 19.1. The molecule has 0 aliphatic carbocycles. The molecule has 0 N–H and O–H groups in total. The molecule has 6 heteroatoms. The van der Waals surface area contributed by atoms with E-state index in [1.54, 1.807) is 18.2 Å². The fourth-order valence-corrected chi connectivity index (χ4v) is 3.99. The number of pyridine rings is 1. The molecule has 1 amide bonds. The van der Waals surface area contributed by atoms with Crippen molar-refractivity contribution in [2.45, 2.75) is 37.9 Å². The standard InChI is InChI=1S/C21H23FN2O3/c1-15-5-2-8-19(23-15)20(25)24-10-4-9-21(14-24)12-18(13-26-21)27-17-7-3-6-16(22)11-17/h2-3,5-8,11,18H,4,9-10,12-14H2,1H3/t18-,21-/m1/s1. The molecule has 1 spiro atoms. The zero-order chi connectivity index (χ0) is 18.9. The topological polar surface area (TPSA) is 51.7 Å². The van der Waals surface area contributed by atoms with Crippen LogP contribution in [-0.2, 0) is 4.74 Å². The highest BCUT2D eigenvalue weighted by Crippen LogP contribution is 2.36. The Morgan fingerprint density at radius 3 is 3.00 bits per heavy atom. The number of hydrogen-bond acceptors (Lipinski definition) is 4. The van der Waals surface area contributed by atoms with Gasteiger partial charge in [-0.05, 0) is 44.0 Å². The second-order valence-electron chi connectivity index (χ2n) is 7.39. The van der Waals surface area contributed by atoms with Crippen molar-refractivity contribution in [2.75, 3.05) is 19.7 Å². The van der Waals surface area contributed by atoms with Crippen LogP contribution in [0, 0.1) is 12.7 Å². The van der Waals surface area contributed by atoms with E-state index < -0.39 is 5.60 Å². The third-order valence-corrected chi connectivity index (χ3v) is 5.21. The van der Waals surface area contributed by atoms with Crippen LogP contribution >= 0.6 is 0 Å². The van der Waals surface area contributed by atoms with Gasteiger partial charge in [0.2, 0.25) is 0 Å². The SMILES string of the molecule is Cc1cccc(C(=O)N2CCC[C@@]3(C[C@@H](Oc4cccc(F)c4)CO3)C2)n1. The van der Waals surface area contributed by atoms with Crippen LogP contribution in [0.4, 0.5) is 4.39 Å². The second-order valence-corrected chi connectivity index (χ2v) is 7.39. The van der Waals surface area contributed by atoms with Gasteiger partial charge >= 0.3 is 0 Å². The molecule has 1 aromatic heterocycles. The van der Waals surface area contributed by atoms with Crippen molar-refractivity contribution in [3.8, 4) is 5.75 Å². The Kier molecular flexibility index (Phi) is 4.83. The van der Waals surface area contributed by atoms with Crippen LogP contribution in [0.2, 0.25) is 0 Å². The van der Waals surface area contributed by atoms with Crippen molar-refractivity contribution in [1.29, 1.82) is 0 Å². The first-order chi connectivity index (χ1) is 13.0. The summed E-state index contributed by atoms with van der Waals surface area (Å²) in [6.07, 6.45) is 2.32. The Balaban J connectivity index is 1.42. The largest absolute Gasteiger partial charge is 0.488 e. The van der Waals surface area contributed by atoms with E-state index in [0.29, 0.717) is 37.6 Å². The Hall–Kier alpha value is -2.47. The molecule has 2 aliphatic rings. The van der Waals surface area contributed by atoms with Gasteiger partial charge in [-0.15, -0.1) is 0 Å². The summed E-state index contributed by atoms with van der Waals surface area (Å²) in [7, 11) is 0. The van der Waals surface area contributed by atoms with Crippen LogP contribution < -0.4 is 4.74 Å². The highest BCUT2D eigenvalue weighted by Gasteiger charge is 2.45. The lowest BCUT2D eigenvalue weighted by molar-refractivity contribution is -0.0454. The van der Waals surface area contributed by atoms with Crippen LogP contribution in [0.15, 0.2) is 42.5 Å². The zero-order valence-corrected chi connectivity index (χ0v) is 15.4. The number of ether oxygens (including phenoxy) is 2. The molecule has 2 aliphatic heterocycles. The lowest BCUT2D eigenvalue weighted by Crippen LogP contribution is -2.50.